The molecule has 0 aromatic heterocycles. The van der Waals surface area contributed by atoms with E-state index in [1.807, 2.05) is 6.07 Å². The Balaban J connectivity index is 1.98. The van der Waals surface area contributed by atoms with Crippen molar-refractivity contribution >= 4 is 0 Å². The van der Waals surface area contributed by atoms with Gasteiger partial charge in [-0.1, -0.05) is 26.3 Å². The van der Waals surface area contributed by atoms with E-state index < -0.39 is 5.79 Å². The van der Waals surface area contributed by atoms with Crippen LogP contribution in [0.25, 0.3) is 0 Å². The van der Waals surface area contributed by atoms with Crippen LogP contribution in [-0.2, 0) is 6.42 Å². The molecule has 1 aliphatic heterocycles. The molecule has 20 heavy (non-hydrogen) atoms. The third kappa shape index (κ3) is 2.28. The van der Waals surface area contributed by atoms with Gasteiger partial charge in [0.2, 0.25) is 0 Å². The summed E-state index contributed by atoms with van der Waals surface area (Å²) in [7, 11) is 0. The molecule has 1 N–H and O–H groups in total. The minimum atomic E-state index is -0.415. The summed E-state index contributed by atoms with van der Waals surface area (Å²) < 4.78 is 12.5. The first-order chi connectivity index (χ1) is 9.65. The third-order valence-electron chi connectivity index (χ3n) is 4.41. The molecule has 1 saturated carbocycles. The third-order valence-corrected chi connectivity index (χ3v) is 4.41. The van der Waals surface area contributed by atoms with E-state index in [0.29, 0.717) is 12.3 Å². The number of rotatable bonds is 3. The molecule has 1 aromatic rings. The minimum absolute atomic E-state index is 0.171. The molecule has 3 nitrogen and oxygen atoms in total. The molecule has 1 aliphatic carbocycles. The monoisotopic (exact) mass is 276 g/mol. The highest BCUT2D eigenvalue weighted by molar-refractivity contribution is 5.54. The van der Waals surface area contributed by atoms with E-state index in [9.17, 15) is 5.11 Å². The van der Waals surface area contributed by atoms with Gasteiger partial charge in [-0.2, -0.15) is 0 Å². The van der Waals surface area contributed by atoms with Gasteiger partial charge >= 0.3 is 0 Å². The number of aliphatic hydroxyl groups excluding tert-OH is 1. The van der Waals surface area contributed by atoms with Crippen LogP contribution in [0.4, 0.5) is 0 Å². The molecule has 0 atom stereocenters. The molecular weight excluding hydrogens is 252 g/mol. The molecular formula is C17H24O3. The minimum Gasteiger partial charge on any atom is -0.448 e. The summed E-state index contributed by atoms with van der Waals surface area (Å²) >= 11 is 0. The summed E-state index contributed by atoms with van der Waals surface area (Å²) in [4.78, 5) is 0. The Labute approximate surface area is 120 Å². The lowest BCUT2D eigenvalue weighted by molar-refractivity contribution is -0.105. The number of fused-ring (bicyclic) bond motifs is 1. The van der Waals surface area contributed by atoms with Crippen molar-refractivity contribution in [1.29, 1.82) is 0 Å². The van der Waals surface area contributed by atoms with E-state index >= 15 is 0 Å². The van der Waals surface area contributed by atoms with Gasteiger partial charge in [-0.05, 0) is 36.8 Å². The summed E-state index contributed by atoms with van der Waals surface area (Å²) in [6, 6.07) is 4.09. The number of hydrogen-bond donors (Lipinski definition) is 1. The first kappa shape index (κ1) is 13.7. The smallest absolute Gasteiger partial charge is 0.251 e. The molecule has 0 amide bonds. The lowest BCUT2D eigenvalue weighted by atomic mass is 9.93. The fourth-order valence-corrected chi connectivity index (χ4v) is 3.48. The molecule has 3 rings (SSSR count). The van der Waals surface area contributed by atoms with E-state index in [4.69, 9.17) is 9.47 Å². The molecule has 110 valence electrons. The summed E-state index contributed by atoms with van der Waals surface area (Å²) in [5.41, 5.74) is 2.39. The number of hydrogen-bond acceptors (Lipinski definition) is 3. The average Bonchev–Trinajstić information content (AvgIpc) is 2.76. The summed E-state index contributed by atoms with van der Waals surface area (Å²) in [6.07, 6.45) is 6.26. The number of benzene rings is 1. The van der Waals surface area contributed by atoms with Crippen LogP contribution in [0, 0.1) is 0 Å². The van der Waals surface area contributed by atoms with E-state index in [0.717, 1.165) is 24.3 Å². The highest BCUT2D eigenvalue weighted by Gasteiger charge is 2.43. The van der Waals surface area contributed by atoms with Crippen LogP contribution >= 0.6 is 0 Å². The molecule has 0 unspecified atom stereocenters. The molecule has 1 heterocycles. The van der Waals surface area contributed by atoms with Crippen LogP contribution in [0.2, 0.25) is 0 Å². The van der Waals surface area contributed by atoms with Crippen molar-refractivity contribution in [1.82, 2.24) is 0 Å². The second kappa shape index (κ2) is 5.28. The fourth-order valence-electron chi connectivity index (χ4n) is 3.48. The van der Waals surface area contributed by atoms with Crippen LogP contribution in [-0.4, -0.2) is 17.5 Å². The van der Waals surface area contributed by atoms with Crippen LogP contribution in [0.15, 0.2) is 12.1 Å². The van der Waals surface area contributed by atoms with Gasteiger partial charge in [0.25, 0.3) is 5.79 Å². The van der Waals surface area contributed by atoms with Crippen molar-refractivity contribution in [2.45, 2.75) is 64.1 Å². The van der Waals surface area contributed by atoms with Crippen LogP contribution in [0.5, 0.6) is 11.5 Å². The zero-order chi connectivity index (χ0) is 14.2. The van der Waals surface area contributed by atoms with Gasteiger partial charge in [-0.15, -0.1) is 0 Å². The van der Waals surface area contributed by atoms with Gasteiger partial charge in [-0.3, -0.25) is 0 Å². The van der Waals surface area contributed by atoms with Gasteiger partial charge in [0, 0.05) is 25.0 Å². The zero-order valence-electron chi connectivity index (χ0n) is 12.4. The maximum atomic E-state index is 9.24. The van der Waals surface area contributed by atoms with Crippen molar-refractivity contribution < 1.29 is 14.6 Å². The van der Waals surface area contributed by atoms with Gasteiger partial charge in [0.1, 0.15) is 0 Å². The van der Waals surface area contributed by atoms with Gasteiger partial charge < -0.3 is 14.6 Å². The highest BCUT2D eigenvalue weighted by Crippen LogP contribution is 2.49. The molecule has 0 radical (unpaired) electrons. The second-order valence-corrected chi connectivity index (χ2v) is 6.27. The summed E-state index contributed by atoms with van der Waals surface area (Å²) in [6.45, 7) is 4.52. The number of ether oxygens (including phenoxy) is 2. The van der Waals surface area contributed by atoms with E-state index in [1.165, 1.54) is 30.4 Å². The highest BCUT2D eigenvalue weighted by atomic mass is 16.7. The maximum Gasteiger partial charge on any atom is 0.251 e. The second-order valence-electron chi connectivity index (χ2n) is 6.27. The maximum absolute atomic E-state index is 9.24. The van der Waals surface area contributed by atoms with Crippen LogP contribution in [0.1, 0.15) is 63.0 Å². The topological polar surface area (TPSA) is 38.7 Å². The predicted octanol–water partition coefficient (Wildman–Crippen LogP) is 3.78. The molecule has 1 aromatic carbocycles. The Bertz CT molecular complexity index is 487. The predicted molar refractivity (Wildman–Crippen MR) is 78.4 cm³/mol. The van der Waals surface area contributed by atoms with Gasteiger partial charge in [0.15, 0.2) is 11.5 Å². The molecule has 2 aliphatic rings. The van der Waals surface area contributed by atoms with Gasteiger partial charge in [-0.25, -0.2) is 0 Å². The van der Waals surface area contributed by atoms with Crippen LogP contribution < -0.4 is 9.47 Å². The SMILES string of the molecule is CC(C)c1c(CCO)ccc2c1OC1(CCCCC1)O2. The molecule has 0 saturated heterocycles. The Hall–Kier alpha value is -1.22. The zero-order valence-corrected chi connectivity index (χ0v) is 12.4. The van der Waals surface area contributed by atoms with Crippen LogP contribution in [0.3, 0.4) is 0 Å². The standard InChI is InChI=1S/C17H24O3/c1-12(2)15-13(8-11-18)6-7-14-16(15)20-17(19-14)9-4-3-5-10-17/h6-7,12,18H,3-5,8-11H2,1-2H3. The van der Waals surface area contributed by atoms with E-state index in [2.05, 4.69) is 19.9 Å². The van der Waals surface area contributed by atoms with Gasteiger partial charge in [0.05, 0.1) is 0 Å². The normalized spacial score (nSPS) is 19.8. The van der Waals surface area contributed by atoms with E-state index in [1.54, 1.807) is 0 Å². The quantitative estimate of drug-likeness (QED) is 0.913. The fraction of sp³-hybridized carbons (Fsp3) is 0.647. The Kier molecular flexibility index (Phi) is 3.63. The molecule has 3 heteroatoms. The first-order valence-electron chi connectivity index (χ1n) is 7.80. The average molecular weight is 276 g/mol. The molecule has 0 bridgehead atoms. The van der Waals surface area contributed by atoms with E-state index in [-0.39, 0.29) is 6.61 Å². The molecule has 1 spiro atoms. The van der Waals surface area contributed by atoms with Crippen molar-refractivity contribution in [3.63, 3.8) is 0 Å². The summed E-state index contributed by atoms with van der Waals surface area (Å²) in [5.74, 6) is 1.76. The summed E-state index contributed by atoms with van der Waals surface area (Å²) in [5, 5.41) is 9.24. The largest absolute Gasteiger partial charge is 0.448 e. The lowest BCUT2D eigenvalue weighted by Crippen LogP contribution is -2.40. The first-order valence-corrected chi connectivity index (χ1v) is 7.80. The van der Waals surface area contributed by atoms with Crippen molar-refractivity contribution in [3.8, 4) is 11.5 Å². The van der Waals surface area contributed by atoms with Crippen molar-refractivity contribution in [3.05, 3.63) is 23.3 Å². The lowest BCUT2D eigenvalue weighted by Gasteiger charge is -2.31. The Morgan fingerprint density at radius 3 is 2.55 bits per heavy atom. The Morgan fingerprint density at radius 1 is 1.15 bits per heavy atom. The number of aliphatic hydroxyl groups is 1. The van der Waals surface area contributed by atoms with Crippen molar-refractivity contribution in [2.75, 3.05) is 6.61 Å². The van der Waals surface area contributed by atoms with Crippen molar-refractivity contribution in [2.24, 2.45) is 0 Å². The Morgan fingerprint density at radius 2 is 1.90 bits per heavy atom. The molecule has 1 fully saturated rings.